The molecule has 0 radical (unpaired) electrons. The summed E-state index contributed by atoms with van der Waals surface area (Å²) in [6, 6.07) is 9.56. The second kappa shape index (κ2) is 12.9. The van der Waals surface area contributed by atoms with Crippen molar-refractivity contribution in [3.05, 3.63) is 41.4 Å². The Morgan fingerprint density at radius 3 is 2.13 bits per heavy atom. The van der Waals surface area contributed by atoms with E-state index in [0.29, 0.717) is 73.4 Å². The van der Waals surface area contributed by atoms with Gasteiger partial charge in [-0.3, -0.25) is 4.79 Å². The summed E-state index contributed by atoms with van der Waals surface area (Å²) in [7, 11) is 1.05. The number of amides is 1. The lowest BCUT2D eigenvalue weighted by Gasteiger charge is -2.33. The number of hydrogen-bond donors (Lipinski definition) is 1. The molecule has 0 aromatic heterocycles. The van der Waals surface area contributed by atoms with E-state index in [-0.39, 0.29) is 16.8 Å². The first-order valence-corrected chi connectivity index (χ1v) is 14.3. The number of methoxy groups -OCH3 is 3. The number of nitrogens with one attached hydrogen (secondary N) is 1. The van der Waals surface area contributed by atoms with Gasteiger partial charge < -0.3 is 24.3 Å². The lowest BCUT2D eigenvalue weighted by molar-refractivity contribution is -0.130. The van der Waals surface area contributed by atoms with Crippen LogP contribution in [0.25, 0.3) is 0 Å². The van der Waals surface area contributed by atoms with Crippen LogP contribution in [0.15, 0.2) is 41.3 Å². The van der Waals surface area contributed by atoms with Crippen LogP contribution in [0.3, 0.4) is 0 Å². The van der Waals surface area contributed by atoms with Crippen molar-refractivity contribution in [1.82, 2.24) is 9.62 Å². The molecule has 0 aliphatic carbocycles. The molecule has 1 saturated heterocycles. The third-order valence-corrected chi connectivity index (χ3v) is 8.87. The van der Waals surface area contributed by atoms with Crippen molar-refractivity contribution in [2.45, 2.75) is 50.5 Å². The molecule has 1 aliphatic rings. The molecule has 0 atom stereocenters. The van der Waals surface area contributed by atoms with Crippen LogP contribution in [0.5, 0.6) is 23.0 Å². The fourth-order valence-electron chi connectivity index (χ4n) is 4.33. The van der Waals surface area contributed by atoms with Crippen molar-refractivity contribution in [2.24, 2.45) is 5.41 Å². The second-order valence-corrected chi connectivity index (χ2v) is 12.2. The maximum absolute atomic E-state index is 13.0. The molecule has 0 unspecified atom stereocenters. The van der Waals surface area contributed by atoms with Crippen LogP contribution in [0.1, 0.15) is 39.5 Å². The van der Waals surface area contributed by atoms with Crippen LogP contribution in [-0.4, -0.2) is 65.7 Å². The second-order valence-electron chi connectivity index (χ2n) is 9.80. The molecule has 1 amide bonds. The monoisotopic (exact) mass is 568 g/mol. The topological polar surface area (TPSA) is 103 Å². The van der Waals surface area contributed by atoms with Gasteiger partial charge in [0.2, 0.25) is 21.7 Å². The number of carbonyl (C=O) groups excluding carboxylic acids is 1. The first-order valence-electron chi connectivity index (χ1n) is 12.5. The number of piperidine rings is 1. The molecule has 9 nitrogen and oxygen atoms in total. The van der Waals surface area contributed by atoms with Crippen LogP contribution < -0.4 is 24.3 Å². The van der Waals surface area contributed by atoms with Gasteiger partial charge >= 0.3 is 0 Å². The van der Waals surface area contributed by atoms with Gasteiger partial charge in [-0.05, 0) is 49.9 Å². The van der Waals surface area contributed by atoms with E-state index >= 15 is 0 Å². The van der Waals surface area contributed by atoms with Crippen molar-refractivity contribution in [2.75, 3.05) is 41.0 Å². The van der Waals surface area contributed by atoms with Crippen LogP contribution in [0.4, 0.5) is 0 Å². The summed E-state index contributed by atoms with van der Waals surface area (Å²) in [4.78, 5) is 13.2. The lowest BCUT2D eigenvalue weighted by atomic mass is 9.86. The molecule has 1 N–H and O–H groups in total. The lowest BCUT2D eigenvalue weighted by Crippen LogP contribution is -2.49. The Morgan fingerprint density at radius 1 is 1.03 bits per heavy atom. The van der Waals surface area contributed by atoms with Crippen LogP contribution >= 0.6 is 11.6 Å². The predicted octanol–water partition coefficient (Wildman–Crippen LogP) is 4.52. The Bertz CT molecular complexity index is 1170. The highest BCUT2D eigenvalue weighted by Crippen LogP contribution is 2.41. The summed E-state index contributed by atoms with van der Waals surface area (Å²) < 4.78 is 49.2. The zero-order valence-corrected chi connectivity index (χ0v) is 24.2. The standard InChI is InChI=1S/C27H37ClN2O7S/c1-27(2,13-6-16-37-21-17-23(34-3)25(36-5)24(18-21)35-4)26(31)29-20-11-14-30(15-12-20)38(32,33)22-9-7-19(28)8-10-22/h7-10,17-18,20H,6,11-16H2,1-5H3,(H,29,31). The van der Waals surface area contributed by atoms with Gasteiger partial charge in [-0.15, -0.1) is 0 Å². The maximum Gasteiger partial charge on any atom is 0.243 e. The van der Waals surface area contributed by atoms with Gasteiger partial charge in [-0.25, -0.2) is 8.42 Å². The summed E-state index contributed by atoms with van der Waals surface area (Å²) in [6.45, 7) is 4.91. The van der Waals surface area contributed by atoms with Crippen LogP contribution in [-0.2, 0) is 14.8 Å². The van der Waals surface area contributed by atoms with Gasteiger partial charge in [0.25, 0.3) is 0 Å². The molecule has 2 aromatic rings. The summed E-state index contributed by atoms with van der Waals surface area (Å²) in [5.41, 5.74) is -0.606. The molecule has 210 valence electrons. The number of hydrogen-bond acceptors (Lipinski definition) is 7. The maximum atomic E-state index is 13.0. The highest BCUT2D eigenvalue weighted by Gasteiger charge is 2.33. The largest absolute Gasteiger partial charge is 0.493 e. The van der Waals surface area contributed by atoms with Crippen molar-refractivity contribution >= 4 is 27.5 Å². The van der Waals surface area contributed by atoms with E-state index in [1.54, 1.807) is 45.6 Å². The third-order valence-electron chi connectivity index (χ3n) is 6.71. The van der Waals surface area contributed by atoms with E-state index in [1.807, 2.05) is 13.8 Å². The molecule has 1 heterocycles. The zero-order valence-electron chi connectivity index (χ0n) is 22.6. The smallest absolute Gasteiger partial charge is 0.243 e. The Kier molecular flexibility index (Phi) is 10.1. The van der Waals surface area contributed by atoms with Crippen molar-refractivity contribution in [3.8, 4) is 23.0 Å². The first kappa shape index (κ1) is 29.9. The molecule has 38 heavy (non-hydrogen) atoms. The Balaban J connectivity index is 1.47. The Morgan fingerprint density at radius 2 is 1.61 bits per heavy atom. The minimum absolute atomic E-state index is 0.0516. The van der Waals surface area contributed by atoms with Gasteiger partial charge in [0.05, 0.1) is 32.8 Å². The summed E-state index contributed by atoms with van der Waals surface area (Å²) in [5, 5.41) is 3.60. The number of nitrogens with zero attached hydrogens (tertiary/aromatic N) is 1. The molecule has 1 aliphatic heterocycles. The Hall–Kier alpha value is -2.69. The summed E-state index contributed by atoms with van der Waals surface area (Å²) in [5.74, 6) is 2.04. The average Bonchev–Trinajstić information content (AvgIpc) is 2.91. The van der Waals surface area contributed by atoms with Gasteiger partial charge in [0.15, 0.2) is 11.5 Å². The van der Waals surface area contributed by atoms with E-state index in [1.165, 1.54) is 16.4 Å². The van der Waals surface area contributed by atoms with Crippen LogP contribution in [0.2, 0.25) is 5.02 Å². The molecular weight excluding hydrogens is 532 g/mol. The molecule has 1 fully saturated rings. The molecule has 3 rings (SSSR count). The van der Waals surface area contributed by atoms with E-state index in [2.05, 4.69) is 5.32 Å². The van der Waals surface area contributed by atoms with E-state index in [0.717, 1.165) is 0 Å². The van der Waals surface area contributed by atoms with Gasteiger partial charge in [0.1, 0.15) is 5.75 Å². The van der Waals surface area contributed by atoms with Crippen LogP contribution in [0, 0.1) is 5.41 Å². The normalized spacial score (nSPS) is 15.1. The Labute approximate surface area is 230 Å². The third kappa shape index (κ3) is 7.24. The SMILES string of the molecule is COc1cc(OCCCC(C)(C)C(=O)NC2CCN(S(=O)(=O)c3ccc(Cl)cc3)CC2)cc(OC)c1OC. The highest BCUT2D eigenvalue weighted by atomic mass is 35.5. The molecule has 0 bridgehead atoms. The zero-order chi connectivity index (χ0) is 27.9. The number of halogens is 1. The molecule has 0 spiro atoms. The molecule has 11 heteroatoms. The number of ether oxygens (including phenoxy) is 4. The number of rotatable bonds is 12. The van der Waals surface area contributed by atoms with E-state index in [4.69, 9.17) is 30.5 Å². The van der Waals surface area contributed by atoms with Gasteiger partial charge in [0, 0.05) is 41.7 Å². The van der Waals surface area contributed by atoms with Gasteiger partial charge in [-0.2, -0.15) is 4.31 Å². The fraction of sp³-hybridized carbons (Fsp3) is 0.519. The van der Waals surface area contributed by atoms with E-state index < -0.39 is 15.4 Å². The number of benzene rings is 2. The fourth-order valence-corrected chi connectivity index (χ4v) is 5.93. The van der Waals surface area contributed by atoms with Crippen molar-refractivity contribution in [1.29, 1.82) is 0 Å². The average molecular weight is 569 g/mol. The van der Waals surface area contributed by atoms with Gasteiger partial charge in [-0.1, -0.05) is 25.4 Å². The minimum atomic E-state index is -3.58. The highest BCUT2D eigenvalue weighted by molar-refractivity contribution is 7.89. The molecule has 0 saturated carbocycles. The van der Waals surface area contributed by atoms with Crippen molar-refractivity contribution < 1.29 is 32.2 Å². The summed E-state index contributed by atoms with van der Waals surface area (Å²) in [6.07, 6.45) is 2.39. The molecule has 2 aromatic carbocycles. The predicted molar refractivity (Wildman–Crippen MR) is 146 cm³/mol. The van der Waals surface area contributed by atoms with Crippen molar-refractivity contribution in [3.63, 3.8) is 0 Å². The quantitative estimate of drug-likeness (QED) is 0.375. The number of sulfonamides is 1. The van der Waals surface area contributed by atoms with E-state index in [9.17, 15) is 13.2 Å². The minimum Gasteiger partial charge on any atom is -0.493 e. The summed E-state index contributed by atoms with van der Waals surface area (Å²) >= 11 is 5.88. The molecular formula is C27H37ClN2O7S. The number of carbonyl (C=O) groups is 1. The first-order chi connectivity index (χ1) is 18.0.